The van der Waals surface area contributed by atoms with Gasteiger partial charge in [-0.15, -0.1) is 0 Å². The molecule has 2 N–H and O–H groups in total. The minimum atomic E-state index is 0.0502. The van der Waals surface area contributed by atoms with Crippen LogP contribution < -0.4 is 10.6 Å². The third-order valence-corrected chi connectivity index (χ3v) is 4.64. The van der Waals surface area contributed by atoms with Crippen LogP contribution in [0.5, 0.6) is 0 Å². The van der Waals surface area contributed by atoms with Crippen molar-refractivity contribution in [1.82, 2.24) is 20.4 Å². The van der Waals surface area contributed by atoms with Crippen LogP contribution >= 0.6 is 0 Å². The van der Waals surface area contributed by atoms with Crippen LogP contribution in [0.1, 0.15) is 32.1 Å². The lowest BCUT2D eigenvalue weighted by atomic mass is 9.84. The van der Waals surface area contributed by atoms with Gasteiger partial charge >= 0.3 is 6.03 Å². The zero-order valence-electron chi connectivity index (χ0n) is 13.0. The maximum absolute atomic E-state index is 11.6. The van der Waals surface area contributed by atoms with Crippen molar-refractivity contribution in [2.24, 2.45) is 5.92 Å². The summed E-state index contributed by atoms with van der Waals surface area (Å²) in [7, 11) is 3.60. The first-order valence-electron chi connectivity index (χ1n) is 8.06. The summed E-state index contributed by atoms with van der Waals surface area (Å²) in [4.78, 5) is 15.8. The van der Waals surface area contributed by atoms with Crippen molar-refractivity contribution in [3.63, 3.8) is 0 Å². The second-order valence-electron chi connectivity index (χ2n) is 6.44. The van der Waals surface area contributed by atoms with E-state index >= 15 is 0 Å². The predicted octanol–water partition coefficient (Wildman–Crippen LogP) is 1.11. The third-order valence-electron chi connectivity index (χ3n) is 4.64. The zero-order chi connectivity index (χ0) is 14.4. The monoisotopic (exact) mass is 282 g/mol. The fraction of sp³-hybridized carbons (Fsp3) is 0.933. The molecule has 0 aromatic rings. The van der Waals surface area contributed by atoms with Crippen molar-refractivity contribution in [1.29, 1.82) is 0 Å². The van der Waals surface area contributed by atoms with E-state index in [1.807, 2.05) is 0 Å². The lowest BCUT2D eigenvalue weighted by molar-refractivity contribution is 0.191. The molecular weight excluding hydrogens is 252 g/mol. The van der Waals surface area contributed by atoms with Gasteiger partial charge in [0.1, 0.15) is 0 Å². The van der Waals surface area contributed by atoms with Crippen molar-refractivity contribution in [3.05, 3.63) is 0 Å². The summed E-state index contributed by atoms with van der Waals surface area (Å²) in [6.45, 7) is 5.94. The number of carbonyl (C=O) groups is 1. The number of piperazine rings is 1. The summed E-state index contributed by atoms with van der Waals surface area (Å²) in [6, 6.07) is 0.439. The average molecular weight is 282 g/mol. The molecule has 0 bridgehead atoms. The van der Waals surface area contributed by atoms with E-state index in [4.69, 9.17) is 0 Å². The zero-order valence-corrected chi connectivity index (χ0v) is 13.0. The van der Waals surface area contributed by atoms with Crippen LogP contribution in [0.25, 0.3) is 0 Å². The SMILES string of the molecule is CN(C)C(=O)NC1CCC(CCN2CCNCC2)CC1. The van der Waals surface area contributed by atoms with Crippen LogP contribution in [0, 0.1) is 5.92 Å². The first kappa shape index (κ1) is 15.6. The van der Waals surface area contributed by atoms with Crippen LogP contribution in [0.2, 0.25) is 0 Å². The predicted molar refractivity (Wildman–Crippen MR) is 81.9 cm³/mol. The number of hydrogen-bond donors (Lipinski definition) is 2. The van der Waals surface area contributed by atoms with Crippen molar-refractivity contribution >= 4 is 6.03 Å². The Morgan fingerprint density at radius 1 is 1.20 bits per heavy atom. The molecule has 2 aliphatic rings. The minimum absolute atomic E-state index is 0.0502. The molecule has 2 rings (SSSR count). The molecule has 0 radical (unpaired) electrons. The highest BCUT2D eigenvalue weighted by atomic mass is 16.2. The maximum Gasteiger partial charge on any atom is 0.317 e. The van der Waals surface area contributed by atoms with Gasteiger partial charge in [-0.1, -0.05) is 0 Å². The molecule has 1 heterocycles. The molecular formula is C15H30N4O. The van der Waals surface area contributed by atoms with Crippen molar-refractivity contribution in [3.8, 4) is 0 Å². The number of amides is 2. The summed E-state index contributed by atoms with van der Waals surface area (Å²) < 4.78 is 0. The maximum atomic E-state index is 11.6. The van der Waals surface area contributed by atoms with E-state index in [9.17, 15) is 4.79 Å². The molecule has 2 fully saturated rings. The van der Waals surface area contributed by atoms with Crippen molar-refractivity contribution in [2.45, 2.75) is 38.1 Å². The van der Waals surface area contributed by atoms with Crippen LogP contribution in [0.4, 0.5) is 4.79 Å². The first-order chi connectivity index (χ1) is 9.65. The van der Waals surface area contributed by atoms with Crippen molar-refractivity contribution in [2.75, 3.05) is 46.8 Å². The molecule has 0 unspecified atom stereocenters. The van der Waals surface area contributed by atoms with Gasteiger partial charge in [-0.3, -0.25) is 0 Å². The summed E-state index contributed by atoms with van der Waals surface area (Å²) >= 11 is 0. The molecule has 20 heavy (non-hydrogen) atoms. The van der Waals surface area contributed by atoms with Gasteiger partial charge in [-0.05, 0) is 44.6 Å². The fourth-order valence-corrected chi connectivity index (χ4v) is 3.20. The summed E-state index contributed by atoms with van der Waals surface area (Å²) in [6.07, 6.45) is 6.15. The molecule has 0 atom stereocenters. The van der Waals surface area contributed by atoms with E-state index in [1.165, 1.54) is 38.9 Å². The van der Waals surface area contributed by atoms with E-state index in [1.54, 1.807) is 19.0 Å². The minimum Gasteiger partial charge on any atom is -0.335 e. The van der Waals surface area contributed by atoms with Crippen LogP contribution in [-0.2, 0) is 0 Å². The molecule has 1 aliphatic heterocycles. The van der Waals surface area contributed by atoms with Gasteiger partial charge in [0, 0.05) is 46.3 Å². The van der Waals surface area contributed by atoms with Gasteiger partial charge in [0.05, 0.1) is 0 Å². The van der Waals surface area contributed by atoms with E-state index in [-0.39, 0.29) is 6.03 Å². The van der Waals surface area contributed by atoms with E-state index in [0.717, 1.165) is 31.8 Å². The summed E-state index contributed by atoms with van der Waals surface area (Å²) in [5.74, 6) is 0.859. The molecule has 0 spiro atoms. The molecule has 1 aliphatic carbocycles. The average Bonchev–Trinajstić information content (AvgIpc) is 2.47. The number of hydrogen-bond acceptors (Lipinski definition) is 3. The number of urea groups is 1. The Hall–Kier alpha value is -0.810. The van der Waals surface area contributed by atoms with Gasteiger partial charge < -0.3 is 20.4 Å². The van der Waals surface area contributed by atoms with Gasteiger partial charge in [0.2, 0.25) is 0 Å². The fourth-order valence-electron chi connectivity index (χ4n) is 3.20. The Bertz CT molecular complexity index is 294. The highest BCUT2D eigenvalue weighted by Gasteiger charge is 2.23. The Labute approximate surface area is 123 Å². The largest absolute Gasteiger partial charge is 0.335 e. The number of nitrogens with one attached hydrogen (secondary N) is 2. The summed E-state index contributed by atoms with van der Waals surface area (Å²) in [5.41, 5.74) is 0. The lowest BCUT2D eigenvalue weighted by Crippen LogP contribution is -2.45. The molecule has 0 aromatic heterocycles. The topological polar surface area (TPSA) is 47.6 Å². The normalized spacial score (nSPS) is 28.1. The number of carbonyl (C=O) groups excluding carboxylic acids is 1. The lowest BCUT2D eigenvalue weighted by Gasteiger charge is -2.32. The smallest absolute Gasteiger partial charge is 0.317 e. The molecule has 1 saturated heterocycles. The molecule has 1 saturated carbocycles. The second kappa shape index (κ2) is 7.84. The molecule has 0 aromatic carbocycles. The summed E-state index contributed by atoms with van der Waals surface area (Å²) in [5, 5.41) is 6.51. The second-order valence-corrected chi connectivity index (χ2v) is 6.44. The van der Waals surface area contributed by atoms with Crippen LogP contribution in [-0.4, -0.2) is 68.7 Å². The Morgan fingerprint density at radius 2 is 1.85 bits per heavy atom. The third kappa shape index (κ3) is 4.94. The van der Waals surface area contributed by atoms with Crippen molar-refractivity contribution < 1.29 is 4.79 Å². The van der Waals surface area contributed by atoms with E-state index in [2.05, 4.69) is 15.5 Å². The van der Waals surface area contributed by atoms with Crippen LogP contribution in [0.15, 0.2) is 0 Å². The Balaban J connectivity index is 1.60. The standard InChI is InChI=1S/C15H30N4O/c1-18(2)15(20)17-14-5-3-13(4-6-14)7-10-19-11-8-16-9-12-19/h13-14,16H,3-12H2,1-2H3,(H,17,20). The quantitative estimate of drug-likeness (QED) is 0.812. The highest BCUT2D eigenvalue weighted by molar-refractivity contribution is 5.73. The molecule has 2 amide bonds. The van der Waals surface area contributed by atoms with Gasteiger partial charge in [0.25, 0.3) is 0 Å². The molecule has 5 nitrogen and oxygen atoms in total. The number of nitrogens with zero attached hydrogens (tertiary/aromatic N) is 2. The molecule has 116 valence electrons. The first-order valence-corrected chi connectivity index (χ1v) is 8.06. The molecule has 5 heteroatoms. The Kier molecular flexibility index (Phi) is 6.10. The van der Waals surface area contributed by atoms with Gasteiger partial charge in [0.15, 0.2) is 0 Å². The number of rotatable bonds is 4. The van der Waals surface area contributed by atoms with E-state index in [0.29, 0.717) is 6.04 Å². The van der Waals surface area contributed by atoms with Gasteiger partial charge in [-0.2, -0.15) is 0 Å². The Morgan fingerprint density at radius 3 is 2.45 bits per heavy atom. The van der Waals surface area contributed by atoms with Gasteiger partial charge in [-0.25, -0.2) is 4.79 Å². The highest BCUT2D eigenvalue weighted by Crippen LogP contribution is 2.27. The van der Waals surface area contributed by atoms with Crippen LogP contribution in [0.3, 0.4) is 0 Å². The van der Waals surface area contributed by atoms with E-state index < -0.39 is 0 Å².